The Balaban J connectivity index is 1.30. The molecule has 0 spiro atoms. The molecule has 3 fully saturated rings. The van der Waals surface area contributed by atoms with Gasteiger partial charge in [-0.15, -0.1) is 0 Å². The van der Waals surface area contributed by atoms with Crippen LogP contribution in [0.25, 0.3) is 0 Å². The molecule has 2 N–H and O–H groups in total. The maximum Gasteiger partial charge on any atom is 0.348 e. The second kappa shape index (κ2) is 9.31. The summed E-state index contributed by atoms with van der Waals surface area (Å²) < 4.78 is 16.9. The standard InChI is InChI=1S/C26H29N3O6/c1-2-21-14-23(28-35-21)27-24(30)16-29-11-8-18(9-12-29)22(15-29)34-25(31)26(32,20-10-13-33-17-20)19-6-4-3-5-7-19/h3-7,10,13-14,17-18,22,32H,2,8-9,11-12,15-16H2,1H3/p+1/t18?,22?,26-,29?/m1/s1. The molecule has 5 heterocycles. The lowest BCUT2D eigenvalue weighted by molar-refractivity contribution is -0.939. The van der Waals surface area contributed by atoms with Gasteiger partial charge in [-0.25, -0.2) is 4.79 Å². The maximum atomic E-state index is 13.5. The van der Waals surface area contributed by atoms with Gasteiger partial charge in [-0.1, -0.05) is 42.4 Å². The number of piperidine rings is 3. The van der Waals surface area contributed by atoms with Crippen LogP contribution < -0.4 is 5.32 Å². The van der Waals surface area contributed by atoms with Gasteiger partial charge < -0.3 is 28.6 Å². The minimum atomic E-state index is -1.98. The summed E-state index contributed by atoms with van der Waals surface area (Å²) in [6, 6.07) is 12.0. The van der Waals surface area contributed by atoms with E-state index in [0.717, 1.165) is 25.9 Å². The van der Waals surface area contributed by atoms with E-state index in [4.69, 9.17) is 13.7 Å². The number of carbonyl (C=O) groups excluding carboxylic acids is 2. The zero-order valence-electron chi connectivity index (χ0n) is 19.7. The van der Waals surface area contributed by atoms with E-state index in [1.807, 2.05) is 13.0 Å². The molecule has 6 rings (SSSR count). The van der Waals surface area contributed by atoms with Crippen LogP contribution in [0.1, 0.15) is 36.7 Å². The van der Waals surface area contributed by atoms with E-state index in [1.165, 1.54) is 12.5 Å². The number of nitrogens with zero attached hydrogens (tertiary/aromatic N) is 2. The number of rotatable bonds is 8. The predicted octanol–water partition coefficient (Wildman–Crippen LogP) is 2.86. The van der Waals surface area contributed by atoms with Gasteiger partial charge in [-0.05, 0) is 11.6 Å². The van der Waals surface area contributed by atoms with Crippen LogP contribution in [0.5, 0.6) is 0 Å². The van der Waals surface area contributed by atoms with Gasteiger partial charge in [-0.2, -0.15) is 0 Å². The fourth-order valence-electron chi connectivity index (χ4n) is 5.38. The first-order valence-corrected chi connectivity index (χ1v) is 12.0. The molecule has 2 atom stereocenters. The Labute approximate surface area is 203 Å². The van der Waals surface area contributed by atoms with Crippen molar-refractivity contribution in [3.63, 3.8) is 0 Å². The maximum absolute atomic E-state index is 13.5. The van der Waals surface area contributed by atoms with Crippen LogP contribution in [0, 0.1) is 5.92 Å². The van der Waals surface area contributed by atoms with Crippen LogP contribution >= 0.6 is 0 Å². The smallest absolute Gasteiger partial charge is 0.348 e. The van der Waals surface area contributed by atoms with E-state index in [-0.39, 0.29) is 18.4 Å². The number of benzene rings is 1. The lowest BCUT2D eigenvalue weighted by atomic mass is 9.82. The molecule has 0 saturated carbocycles. The minimum Gasteiger partial charge on any atom is -0.472 e. The number of aliphatic hydroxyl groups is 1. The molecule has 3 aromatic rings. The summed E-state index contributed by atoms with van der Waals surface area (Å²) in [5.74, 6) is 0.440. The number of furan rings is 1. The summed E-state index contributed by atoms with van der Waals surface area (Å²) in [4.78, 5) is 26.3. The van der Waals surface area contributed by atoms with Crippen LogP contribution in [-0.2, 0) is 26.3 Å². The van der Waals surface area contributed by atoms with E-state index in [0.29, 0.717) is 40.2 Å². The average molecular weight is 481 g/mol. The number of amides is 1. The van der Waals surface area contributed by atoms with Crippen molar-refractivity contribution in [3.05, 3.63) is 71.9 Å². The van der Waals surface area contributed by atoms with Gasteiger partial charge in [0.15, 0.2) is 18.5 Å². The number of quaternary nitrogens is 1. The summed E-state index contributed by atoms with van der Waals surface area (Å²) >= 11 is 0. The Morgan fingerprint density at radius 2 is 1.97 bits per heavy atom. The van der Waals surface area contributed by atoms with Crippen LogP contribution in [0.3, 0.4) is 0 Å². The van der Waals surface area contributed by atoms with E-state index in [2.05, 4.69) is 10.5 Å². The van der Waals surface area contributed by atoms with E-state index < -0.39 is 17.7 Å². The SMILES string of the molecule is CCc1cc(NC(=O)C[N+]23CCC(CC2)C(OC(=O)[C@@](O)(c2ccccc2)c2ccoc2)C3)no1. The molecule has 3 saturated heterocycles. The molecular formula is C26H30N3O6+. The van der Waals surface area contributed by atoms with Crippen molar-refractivity contribution >= 4 is 17.7 Å². The molecule has 0 aliphatic carbocycles. The van der Waals surface area contributed by atoms with Crippen LogP contribution in [0.15, 0.2) is 63.9 Å². The number of aryl methyl sites for hydroxylation is 1. The molecule has 3 aliphatic rings. The molecule has 1 aromatic carbocycles. The molecular weight excluding hydrogens is 450 g/mol. The van der Waals surface area contributed by atoms with Crippen molar-refractivity contribution < 1.29 is 32.9 Å². The van der Waals surface area contributed by atoms with Crippen molar-refractivity contribution in [3.8, 4) is 0 Å². The highest BCUT2D eigenvalue weighted by Crippen LogP contribution is 2.38. The molecule has 1 amide bonds. The van der Waals surface area contributed by atoms with Crippen LogP contribution in [0.4, 0.5) is 5.82 Å². The number of hydrogen-bond donors (Lipinski definition) is 2. The van der Waals surface area contributed by atoms with Gasteiger partial charge in [0.2, 0.25) is 5.60 Å². The third-order valence-corrected chi connectivity index (χ3v) is 7.38. The molecule has 184 valence electrons. The fraction of sp³-hybridized carbons (Fsp3) is 0.423. The first-order chi connectivity index (χ1) is 16.9. The quantitative estimate of drug-likeness (QED) is 0.376. The van der Waals surface area contributed by atoms with Gasteiger partial charge in [0.1, 0.15) is 12.3 Å². The highest BCUT2D eigenvalue weighted by atomic mass is 16.6. The number of nitrogens with one attached hydrogen (secondary N) is 1. The normalized spacial score (nSPS) is 25.1. The summed E-state index contributed by atoms with van der Waals surface area (Å²) in [6.45, 7) is 4.43. The zero-order valence-corrected chi connectivity index (χ0v) is 19.7. The number of anilines is 1. The van der Waals surface area contributed by atoms with Crippen molar-refractivity contribution in [1.82, 2.24) is 5.16 Å². The highest BCUT2D eigenvalue weighted by molar-refractivity contribution is 5.90. The second-order valence-electron chi connectivity index (χ2n) is 9.58. The van der Waals surface area contributed by atoms with Crippen molar-refractivity contribution in [2.24, 2.45) is 5.92 Å². The molecule has 2 aromatic heterocycles. The van der Waals surface area contributed by atoms with Gasteiger partial charge in [0.05, 0.1) is 25.6 Å². The molecule has 1 unspecified atom stereocenters. The number of aromatic nitrogens is 1. The van der Waals surface area contributed by atoms with E-state index in [9.17, 15) is 14.7 Å². The molecule has 35 heavy (non-hydrogen) atoms. The topological polar surface area (TPSA) is 115 Å². The Bertz CT molecular complexity index is 1170. The molecule has 9 nitrogen and oxygen atoms in total. The summed E-state index contributed by atoms with van der Waals surface area (Å²) in [6.07, 6.45) is 4.79. The average Bonchev–Trinajstić information content (AvgIpc) is 3.57. The number of esters is 1. The van der Waals surface area contributed by atoms with Gasteiger partial charge in [0, 0.05) is 36.8 Å². The van der Waals surface area contributed by atoms with E-state index >= 15 is 0 Å². The summed E-state index contributed by atoms with van der Waals surface area (Å²) in [5, 5.41) is 18.3. The van der Waals surface area contributed by atoms with Crippen molar-refractivity contribution in [2.45, 2.75) is 37.9 Å². The van der Waals surface area contributed by atoms with E-state index in [1.54, 1.807) is 36.4 Å². The van der Waals surface area contributed by atoms with Crippen molar-refractivity contribution in [2.75, 3.05) is 31.5 Å². The van der Waals surface area contributed by atoms with Gasteiger partial charge >= 0.3 is 5.97 Å². The van der Waals surface area contributed by atoms with Crippen LogP contribution in [0.2, 0.25) is 0 Å². The predicted molar refractivity (Wildman–Crippen MR) is 125 cm³/mol. The molecule has 9 heteroatoms. The van der Waals surface area contributed by atoms with Crippen LogP contribution in [-0.4, -0.2) is 58.9 Å². The Morgan fingerprint density at radius 1 is 1.20 bits per heavy atom. The lowest BCUT2D eigenvalue weighted by Crippen LogP contribution is -2.66. The number of hydrogen-bond acceptors (Lipinski definition) is 7. The lowest BCUT2D eigenvalue weighted by Gasteiger charge is -2.51. The fourth-order valence-corrected chi connectivity index (χ4v) is 5.38. The third kappa shape index (κ3) is 4.49. The number of ether oxygens (including phenoxy) is 1. The Hall–Kier alpha value is -3.43. The molecule has 0 radical (unpaired) electrons. The largest absolute Gasteiger partial charge is 0.472 e. The summed E-state index contributed by atoms with van der Waals surface area (Å²) in [5.41, 5.74) is -1.25. The number of carbonyl (C=O) groups is 2. The molecule has 2 bridgehead atoms. The van der Waals surface area contributed by atoms with Gasteiger partial charge in [-0.3, -0.25) is 4.79 Å². The third-order valence-electron chi connectivity index (χ3n) is 7.38. The Morgan fingerprint density at radius 3 is 2.63 bits per heavy atom. The highest BCUT2D eigenvalue weighted by Gasteiger charge is 2.51. The summed E-state index contributed by atoms with van der Waals surface area (Å²) in [7, 11) is 0. The molecule has 3 aliphatic heterocycles. The van der Waals surface area contributed by atoms with Gasteiger partial charge in [0.25, 0.3) is 5.91 Å². The van der Waals surface area contributed by atoms with Crippen molar-refractivity contribution in [1.29, 1.82) is 0 Å². The number of fused-ring (bicyclic) bond motifs is 3. The monoisotopic (exact) mass is 480 g/mol. The Kier molecular flexibility index (Phi) is 6.21. The first kappa shape index (κ1) is 23.3. The second-order valence-corrected chi connectivity index (χ2v) is 9.58. The zero-order chi connectivity index (χ0) is 24.5. The first-order valence-electron chi connectivity index (χ1n) is 12.0. The minimum absolute atomic E-state index is 0.148.